The summed E-state index contributed by atoms with van der Waals surface area (Å²) in [5.41, 5.74) is 9.20. The van der Waals surface area contributed by atoms with Crippen molar-refractivity contribution >= 4 is 55.6 Å². The van der Waals surface area contributed by atoms with Gasteiger partial charge >= 0.3 is 11.9 Å². The zero-order chi connectivity index (χ0) is 32.8. The number of nitrogens with zero attached hydrogens (tertiary/aromatic N) is 2. The highest BCUT2D eigenvalue weighted by molar-refractivity contribution is 6.18. The van der Waals surface area contributed by atoms with E-state index < -0.39 is 11.9 Å². The Morgan fingerprint density at radius 1 is 0.396 bits per heavy atom. The van der Waals surface area contributed by atoms with E-state index in [4.69, 9.17) is 0 Å². The average Bonchev–Trinajstić information content (AvgIpc) is 3.12. The molecule has 0 bridgehead atoms. The minimum atomic E-state index is -0.936. The van der Waals surface area contributed by atoms with Crippen molar-refractivity contribution in [3.8, 4) is 11.1 Å². The van der Waals surface area contributed by atoms with Crippen LogP contribution in [0.1, 0.15) is 31.8 Å². The number of hydrogen-bond donors (Lipinski definition) is 2. The summed E-state index contributed by atoms with van der Waals surface area (Å²) in [6, 6.07) is 48.2. The number of carboxylic acids is 2. The van der Waals surface area contributed by atoms with Gasteiger partial charge in [0.15, 0.2) is 13.1 Å². The molecule has 0 amide bonds. The zero-order valence-electron chi connectivity index (χ0n) is 25.9. The molecule has 2 N–H and O–H groups in total. The molecule has 6 nitrogen and oxygen atoms in total. The summed E-state index contributed by atoms with van der Waals surface area (Å²) < 4.78 is 4.64. The van der Waals surface area contributed by atoms with Crippen molar-refractivity contribution < 1.29 is 28.9 Å². The number of aromatic nitrogens is 2. The fraction of sp³-hybridized carbons (Fsp3) is 0.0476. The van der Waals surface area contributed by atoms with Gasteiger partial charge in [0.1, 0.15) is 0 Å². The summed E-state index contributed by atoms with van der Waals surface area (Å²) in [4.78, 5) is 23.0. The minimum absolute atomic E-state index is 0.270. The molecule has 2 heterocycles. The Morgan fingerprint density at radius 3 is 0.938 bits per heavy atom. The van der Waals surface area contributed by atoms with Crippen LogP contribution >= 0.6 is 0 Å². The predicted octanol–water partition coefficient (Wildman–Crippen LogP) is 8.03. The van der Waals surface area contributed by atoms with Gasteiger partial charge in [0.2, 0.25) is 22.1 Å². The van der Waals surface area contributed by atoms with Crippen LogP contribution in [0, 0.1) is 0 Å². The standard InChI is InChI=1S/C42H28N2O4/c45-41(46)29-21-17-27(18-22-29)25-43-35-13-5-1-9-31(35)39(32-10-2-6-14-36(32)43)40-33-11-3-7-15-37(33)44(38-16-8-4-12-34(38)40)26-28-19-23-30(24-20-28)42(47)48/h1-24H,25-26H2/p+2. The third-order valence-electron chi connectivity index (χ3n) is 9.19. The maximum absolute atomic E-state index is 11.5. The van der Waals surface area contributed by atoms with E-state index in [0.717, 1.165) is 65.9 Å². The fourth-order valence-electron chi connectivity index (χ4n) is 6.98. The molecule has 0 unspecified atom stereocenters. The van der Waals surface area contributed by atoms with E-state index in [2.05, 4.69) is 106 Å². The van der Waals surface area contributed by atoms with E-state index in [-0.39, 0.29) is 11.1 Å². The molecular weight excluding hydrogens is 596 g/mol. The number of aromatic carboxylic acids is 2. The fourth-order valence-corrected chi connectivity index (χ4v) is 6.98. The first-order chi connectivity index (χ1) is 23.5. The summed E-state index contributed by atoms with van der Waals surface area (Å²) in [5.74, 6) is -1.87. The van der Waals surface area contributed by atoms with E-state index in [1.165, 1.54) is 0 Å². The molecule has 0 atom stereocenters. The highest BCUT2D eigenvalue weighted by atomic mass is 16.4. The van der Waals surface area contributed by atoms with E-state index in [0.29, 0.717) is 13.1 Å². The van der Waals surface area contributed by atoms with Crippen LogP contribution in [0.2, 0.25) is 0 Å². The zero-order valence-corrected chi connectivity index (χ0v) is 25.9. The topological polar surface area (TPSA) is 82.4 Å². The van der Waals surface area contributed by atoms with E-state index in [9.17, 15) is 19.8 Å². The number of pyridine rings is 2. The lowest BCUT2D eigenvalue weighted by molar-refractivity contribution is -0.636. The molecule has 8 rings (SSSR count). The second kappa shape index (κ2) is 11.8. The third-order valence-corrected chi connectivity index (χ3v) is 9.19. The van der Waals surface area contributed by atoms with Gasteiger partial charge in [0.25, 0.3) is 0 Å². The molecule has 6 heteroatoms. The van der Waals surface area contributed by atoms with Crippen molar-refractivity contribution in [1.82, 2.24) is 0 Å². The lowest BCUT2D eigenvalue weighted by atomic mass is 9.90. The molecule has 2 aromatic heterocycles. The summed E-state index contributed by atoms with van der Waals surface area (Å²) in [7, 11) is 0. The largest absolute Gasteiger partial charge is 0.478 e. The van der Waals surface area contributed by atoms with Crippen LogP contribution < -0.4 is 9.13 Å². The number of rotatable bonds is 7. The molecule has 0 spiro atoms. The molecule has 6 aromatic carbocycles. The van der Waals surface area contributed by atoms with Gasteiger partial charge in [0.05, 0.1) is 32.7 Å². The lowest BCUT2D eigenvalue weighted by Crippen LogP contribution is -2.37. The Kier molecular flexibility index (Phi) is 7.11. The Balaban J connectivity index is 1.40. The molecule has 230 valence electrons. The Hall–Kier alpha value is -6.40. The SMILES string of the molecule is O=C(O)c1ccc(C[n+]2c3ccccc3c(-c3c4ccccc4[n+](Cc4ccc(C(=O)O)cc4)c4ccccc34)c3ccccc32)cc1. The molecule has 8 aromatic rings. The van der Waals surface area contributed by atoms with Gasteiger partial charge in [-0.05, 0) is 48.5 Å². The van der Waals surface area contributed by atoms with Crippen molar-refractivity contribution in [3.05, 3.63) is 168 Å². The third kappa shape index (κ3) is 4.91. The second-order valence-electron chi connectivity index (χ2n) is 12.0. The van der Waals surface area contributed by atoms with Crippen molar-refractivity contribution in [2.45, 2.75) is 13.1 Å². The van der Waals surface area contributed by atoms with E-state index in [1.54, 1.807) is 24.3 Å². The first-order valence-electron chi connectivity index (χ1n) is 15.8. The molecule has 0 aliphatic rings. The number of carbonyl (C=O) groups is 2. The van der Waals surface area contributed by atoms with Crippen molar-refractivity contribution in [1.29, 1.82) is 0 Å². The van der Waals surface area contributed by atoms with Crippen LogP contribution in [-0.2, 0) is 13.1 Å². The van der Waals surface area contributed by atoms with Crippen LogP contribution in [0.5, 0.6) is 0 Å². The Labute approximate surface area is 276 Å². The van der Waals surface area contributed by atoms with Crippen LogP contribution in [-0.4, -0.2) is 22.2 Å². The molecular formula is C42H30N2O4+2. The lowest BCUT2D eigenvalue weighted by Gasteiger charge is -2.16. The quantitative estimate of drug-likeness (QED) is 0.139. The molecule has 0 saturated carbocycles. The summed E-state index contributed by atoms with van der Waals surface area (Å²) in [6.45, 7) is 1.16. The Bertz CT molecular complexity index is 2260. The molecule has 0 saturated heterocycles. The molecule has 48 heavy (non-hydrogen) atoms. The van der Waals surface area contributed by atoms with Crippen molar-refractivity contribution in [2.75, 3.05) is 0 Å². The van der Waals surface area contributed by atoms with E-state index in [1.807, 2.05) is 24.3 Å². The summed E-state index contributed by atoms with van der Waals surface area (Å²) in [6.07, 6.45) is 0. The maximum Gasteiger partial charge on any atom is 0.335 e. The maximum atomic E-state index is 11.5. The second-order valence-corrected chi connectivity index (χ2v) is 12.0. The first kappa shape index (κ1) is 29.0. The average molecular weight is 627 g/mol. The van der Waals surface area contributed by atoms with Gasteiger partial charge in [-0.2, -0.15) is 9.13 Å². The number of carboxylic acid groups (broad SMARTS) is 2. The summed E-state index contributed by atoms with van der Waals surface area (Å²) in [5, 5.41) is 23.3. The molecule has 0 radical (unpaired) electrons. The van der Waals surface area contributed by atoms with Gasteiger partial charge in [-0.15, -0.1) is 0 Å². The smallest absolute Gasteiger partial charge is 0.335 e. The molecule has 0 aliphatic heterocycles. The normalized spacial score (nSPS) is 11.4. The van der Waals surface area contributed by atoms with Crippen molar-refractivity contribution in [3.63, 3.8) is 0 Å². The van der Waals surface area contributed by atoms with Gasteiger partial charge in [-0.25, -0.2) is 9.59 Å². The predicted molar refractivity (Wildman–Crippen MR) is 187 cm³/mol. The highest BCUT2D eigenvalue weighted by Crippen LogP contribution is 2.41. The van der Waals surface area contributed by atoms with Gasteiger partial charge in [-0.3, -0.25) is 0 Å². The van der Waals surface area contributed by atoms with Gasteiger partial charge in [-0.1, -0.05) is 72.8 Å². The first-order valence-corrected chi connectivity index (χ1v) is 15.8. The highest BCUT2D eigenvalue weighted by Gasteiger charge is 2.27. The van der Waals surface area contributed by atoms with Gasteiger partial charge < -0.3 is 10.2 Å². The minimum Gasteiger partial charge on any atom is -0.478 e. The number of fused-ring (bicyclic) bond motifs is 4. The van der Waals surface area contributed by atoms with Crippen LogP contribution in [0.25, 0.3) is 54.7 Å². The number of benzene rings is 6. The van der Waals surface area contributed by atoms with Crippen LogP contribution in [0.3, 0.4) is 0 Å². The number of hydrogen-bond acceptors (Lipinski definition) is 2. The Morgan fingerprint density at radius 2 is 0.667 bits per heavy atom. The van der Waals surface area contributed by atoms with Crippen molar-refractivity contribution in [2.24, 2.45) is 0 Å². The molecule has 0 fully saturated rings. The molecule has 0 aliphatic carbocycles. The van der Waals surface area contributed by atoms with Crippen LogP contribution in [0.4, 0.5) is 0 Å². The van der Waals surface area contributed by atoms with Gasteiger partial charge in [0, 0.05) is 46.5 Å². The van der Waals surface area contributed by atoms with Crippen LogP contribution in [0.15, 0.2) is 146 Å². The monoisotopic (exact) mass is 626 g/mol. The number of para-hydroxylation sites is 4. The summed E-state index contributed by atoms with van der Waals surface area (Å²) >= 11 is 0. The van der Waals surface area contributed by atoms with E-state index >= 15 is 0 Å².